The van der Waals surface area contributed by atoms with Crippen molar-refractivity contribution >= 4 is 29.1 Å². The third-order valence-electron chi connectivity index (χ3n) is 6.34. The Hall–Kier alpha value is -2.68. The van der Waals surface area contributed by atoms with Crippen LogP contribution in [0.15, 0.2) is 35.7 Å². The molecule has 3 aromatic rings. The zero-order valence-corrected chi connectivity index (χ0v) is 16.7. The zero-order chi connectivity index (χ0) is 19.8. The number of carbonyl (C=O) groups excluding carboxylic acids is 1. The van der Waals surface area contributed by atoms with E-state index in [9.17, 15) is 9.18 Å². The number of hydrogen-bond acceptors (Lipinski definition) is 6. The predicted octanol–water partition coefficient (Wildman–Crippen LogP) is 2.76. The van der Waals surface area contributed by atoms with Gasteiger partial charge in [-0.05, 0) is 37.8 Å². The van der Waals surface area contributed by atoms with E-state index < -0.39 is 0 Å². The number of amides is 1. The molecule has 2 fully saturated rings. The standard InChI is InChI=1S/C20H19FN6OS/c1-26-15-2-7-27-16(24-15)13(10-23-27)17(28)25-19(3-4-19)11-29-18-14(20(26)5-6-20)8-12(21)9-22-18/h2,7-10H,3-6,11H2,1H3,(H,25,28). The SMILES string of the molecule is CN1c2ccn3ncc(c3n2)C(=O)NC2(CC2)CSc2ncc(F)cc2C12CC2. The maximum absolute atomic E-state index is 14.2. The second-order valence-electron chi connectivity index (χ2n) is 8.23. The first-order valence-corrected chi connectivity index (χ1v) is 10.7. The van der Waals surface area contributed by atoms with Crippen molar-refractivity contribution in [3.05, 3.63) is 47.7 Å². The van der Waals surface area contributed by atoms with Crippen molar-refractivity contribution in [3.8, 4) is 0 Å². The van der Waals surface area contributed by atoms with Gasteiger partial charge in [-0.3, -0.25) is 4.79 Å². The van der Waals surface area contributed by atoms with Gasteiger partial charge in [0.2, 0.25) is 0 Å². The van der Waals surface area contributed by atoms with Crippen LogP contribution in [0.25, 0.3) is 5.65 Å². The lowest BCUT2D eigenvalue weighted by molar-refractivity contribution is 0.0938. The second-order valence-corrected chi connectivity index (χ2v) is 9.20. The highest BCUT2D eigenvalue weighted by molar-refractivity contribution is 7.99. The molecule has 0 atom stereocenters. The lowest BCUT2D eigenvalue weighted by atomic mass is 10.1. The third kappa shape index (κ3) is 2.56. The highest BCUT2D eigenvalue weighted by Gasteiger charge is 2.51. The maximum atomic E-state index is 14.2. The average Bonchev–Trinajstić information content (AvgIpc) is 3.63. The number of nitrogens with zero attached hydrogens (tertiary/aromatic N) is 5. The molecule has 3 aromatic heterocycles. The summed E-state index contributed by atoms with van der Waals surface area (Å²) in [7, 11) is 1.98. The maximum Gasteiger partial charge on any atom is 0.257 e. The van der Waals surface area contributed by atoms with E-state index >= 15 is 0 Å². The fraction of sp³-hybridized carbons (Fsp3) is 0.400. The molecular formula is C20H19FN6OS. The normalized spacial score (nSPS) is 21.4. The minimum absolute atomic E-state index is 0.155. The van der Waals surface area contributed by atoms with E-state index in [2.05, 4.69) is 20.3 Å². The van der Waals surface area contributed by atoms with Crippen LogP contribution in [0.2, 0.25) is 0 Å². The van der Waals surface area contributed by atoms with E-state index in [4.69, 9.17) is 4.98 Å². The van der Waals surface area contributed by atoms with Crippen LogP contribution < -0.4 is 10.2 Å². The van der Waals surface area contributed by atoms with Crippen molar-refractivity contribution in [2.24, 2.45) is 0 Å². The molecule has 4 heterocycles. The topological polar surface area (TPSA) is 75.4 Å². The molecule has 6 rings (SSSR count). The number of carbonyl (C=O) groups is 1. The van der Waals surface area contributed by atoms with Gasteiger partial charge in [-0.25, -0.2) is 18.9 Å². The number of anilines is 1. The lowest BCUT2D eigenvalue weighted by Crippen LogP contribution is -2.38. The predicted molar refractivity (Wildman–Crippen MR) is 107 cm³/mol. The van der Waals surface area contributed by atoms with Crippen molar-refractivity contribution in [1.29, 1.82) is 0 Å². The number of hydrogen-bond donors (Lipinski definition) is 1. The van der Waals surface area contributed by atoms with Crippen LogP contribution >= 0.6 is 11.8 Å². The first-order chi connectivity index (χ1) is 14.0. The summed E-state index contributed by atoms with van der Waals surface area (Å²) in [6, 6.07) is 3.49. The van der Waals surface area contributed by atoms with Gasteiger partial charge in [0.15, 0.2) is 5.65 Å². The Kier molecular flexibility index (Phi) is 3.37. The van der Waals surface area contributed by atoms with Crippen molar-refractivity contribution in [1.82, 2.24) is 24.9 Å². The quantitative estimate of drug-likeness (QED) is 0.614. The van der Waals surface area contributed by atoms with Crippen LogP contribution in [0.3, 0.4) is 0 Å². The Morgan fingerprint density at radius 2 is 2.07 bits per heavy atom. The van der Waals surface area contributed by atoms with Gasteiger partial charge in [0.05, 0.1) is 17.9 Å². The molecule has 0 unspecified atom stereocenters. The van der Waals surface area contributed by atoms with Gasteiger partial charge in [0.1, 0.15) is 22.2 Å². The number of halogens is 1. The Labute approximate surface area is 170 Å². The molecule has 29 heavy (non-hydrogen) atoms. The van der Waals surface area contributed by atoms with Gasteiger partial charge in [0.25, 0.3) is 5.91 Å². The van der Waals surface area contributed by atoms with E-state index in [1.807, 2.05) is 19.3 Å². The summed E-state index contributed by atoms with van der Waals surface area (Å²) in [5, 5.41) is 8.30. The molecule has 148 valence electrons. The van der Waals surface area contributed by atoms with Gasteiger partial charge in [-0.1, -0.05) is 0 Å². The molecule has 0 saturated heterocycles. The van der Waals surface area contributed by atoms with Crippen LogP contribution in [0.1, 0.15) is 41.6 Å². The van der Waals surface area contributed by atoms with Gasteiger partial charge in [-0.15, -0.1) is 11.8 Å². The molecule has 1 N–H and O–H groups in total. The fourth-order valence-corrected chi connectivity index (χ4v) is 5.48. The molecular weight excluding hydrogens is 391 g/mol. The van der Waals surface area contributed by atoms with E-state index in [0.717, 1.165) is 42.1 Å². The summed E-state index contributed by atoms with van der Waals surface area (Å²) in [6.07, 6.45) is 8.32. The molecule has 7 nitrogen and oxygen atoms in total. The molecule has 3 aliphatic rings. The van der Waals surface area contributed by atoms with Gasteiger partial charge in [0, 0.05) is 30.1 Å². The second kappa shape index (κ2) is 5.69. The van der Waals surface area contributed by atoms with E-state index in [1.54, 1.807) is 28.5 Å². The van der Waals surface area contributed by atoms with Gasteiger partial charge >= 0.3 is 0 Å². The molecule has 2 bridgehead atoms. The summed E-state index contributed by atoms with van der Waals surface area (Å²) in [6.45, 7) is 0. The van der Waals surface area contributed by atoms with Crippen LogP contribution in [0.5, 0.6) is 0 Å². The molecule has 1 aliphatic heterocycles. The number of fused-ring (bicyclic) bond motifs is 3. The van der Waals surface area contributed by atoms with E-state index in [1.165, 1.54) is 6.20 Å². The number of thioether (sulfide) groups is 1. The number of pyridine rings is 1. The minimum atomic E-state index is -0.329. The Morgan fingerprint density at radius 3 is 2.83 bits per heavy atom. The summed E-state index contributed by atoms with van der Waals surface area (Å²) in [5.41, 5.74) is 1.33. The number of rotatable bonds is 0. The fourth-order valence-electron chi connectivity index (χ4n) is 4.18. The largest absolute Gasteiger partial charge is 0.350 e. The first-order valence-electron chi connectivity index (χ1n) is 9.69. The molecule has 0 aromatic carbocycles. The van der Waals surface area contributed by atoms with Crippen molar-refractivity contribution < 1.29 is 9.18 Å². The summed E-state index contributed by atoms with van der Waals surface area (Å²) >= 11 is 1.60. The van der Waals surface area contributed by atoms with Crippen molar-refractivity contribution in [3.63, 3.8) is 0 Å². The zero-order valence-electron chi connectivity index (χ0n) is 15.9. The smallest absolute Gasteiger partial charge is 0.257 e. The first kappa shape index (κ1) is 17.2. The highest BCUT2D eigenvalue weighted by Crippen LogP contribution is 2.54. The van der Waals surface area contributed by atoms with E-state index in [-0.39, 0.29) is 22.8 Å². The monoisotopic (exact) mass is 410 g/mol. The molecule has 1 amide bonds. The number of aromatic nitrogens is 4. The van der Waals surface area contributed by atoms with Gasteiger partial charge in [-0.2, -0.15) is 5.10 Å². The van der Waals surface area contributed by atoms with Crippen LogP contribution in [-0.4, -0.2) is 43.8 Å². The molecule has 2 spiro atoms. The number of nitrogens with one attached hydrogen (secondary N) is 1. The minimum Gasteiger partial charge on any atom is -0.350 e. The van der Waals surface area contributed by atoms with Crippen molar-refractivity contribution in [2.45, 2.75) is 41.8 Å². The summed E-state index contributed by atoms with van der Waals surface area (Å²) < 4.78 is 15.8. The van der Waals surface area contributed by atoms with Crippen LogP contribution in [-0.2, 0) is 5.54 Å². The lowest BCUT2D eigenvalue weighted by Gasteiger charge is -2.31. The average molecular weight is 410 g/mol. The molecule has 2 saturated carbocycles. The summed E-state index contributed by atoms with van der Waals surface area (Å²) in [4.78, 5) is 24.2. The molecule has 9 heteroatoms. The highest BCUT2D eigenvalue weighted by atomic mass is 32.2. The third-order valence-corrected chi connectivity index (χ3v) is 7.64. The van der Waals surface area contributed by atoms with Gasteiger partial charge < -0.3 is 10.2 Å². The summed E-state index contributed by atoms with van der Waals surface area (Å²) in [5.74, 6) is 0.951. The van der Waals surface area contributed by atoms with E-state index in [0.29, 0.717) is 17.0 Å². The Balaban J connectivity index is 1.55. The van der Waals surface area contributed by atoms with Crippen molar-refractivity contribution in [2.75, 3.05) is 17.7 Å². The molecule has 2 aliphatic carbocycles. The van der Waals surface area contributed by atoms with Crippen LogP contribution in [0, 0.1) is 5.82 Å². The van der Waals surface area contributed by atoms with Crippen LogP contribution in [0.4, 0.5) is 10.2 Å². The Bertz CT molecular complexity index is 1170. The molecule has 0 radical (unpaired) electrons. The Morgan fingerprint density at radius 1 is 1.24 bits per heavy atom.